The summed E-state index contributed by atoms with van der Waals surface area (Å²) in [7, 11) is 0. The molecule has 8 heteroatoms. The average Bonchev–Trinajstić information content (AvgIpc) is 3.15. The molecule has 0 amide bonds. The van der Waals surface area contributed by atoms with E-state index in [9.17, 15) is 0 Å². The Morgan fingerprint density at radius 2 is 1.77 bits per heavy atom. The van der Waals surface area contributed by atoms with Gasteiger partial charge in [-0.2, -0.15) is 5.10 Å². The van der Waals surface area contributed by atoms with E-state index in [1.165, 1.54) is 0 Å². The van der Waals surface area contributed by atoms with Gasteiger partial charge in [0.05, 0.1) is 17.6 Å². The van der Waals surface area contributed by atoms with Crippen molar-refractivity contribution in [1.82, 2.24) is 25.0 Å². The van der Waals surface area contributed by atoms with Gasteiger partial charge in [0.15, 0.2) is 5.82 Å². The van der Waals surface area contributed by atoms with Crippen molar-refractivity contribution >= 4 is 29.7 Å². The van der Waals surface area contributed by atoms with Crippen molar-refractivity contribution in [3.05, 3.63) is 82.7 Å². The van der Waals surface area contributed by atoms with E-state index in [1.54, 1.807) is 0 Å². The number of aryl methyl sites for hydroxylation is 1. The number of nitrogens with one attached hydrogen (secondary N) is 1. The standard InChI is InChI=1S/C22H17ClN6.ClH/c1-13-27-28-21-22(8-9-22)26-20(14-2-5-17(23)6-3-14)18-10-15(16-11-24-25-12-16)4-7-19(18)29(13)21;/h2-7,10-12H,8-9H2,1H3,(H,24,25);1H. The number of aromatic amines is 1. The molecule has 3 heterocycles. The Bertz CT molecular complexity index is 1270. The number of rotatable bonds is 2. The van der Waals surface area contributed by atoms with Gasteiger partial charge in [0.1, 0.15) is 11.4 Å². The lowest BCUT2D eigenvalue weighted by atomic mass is 9.96. The van der Waals surface area contributed by atoms with Crippen molar-refractivity contribution in [2.75, 3.05) is 0 Å². The fraction of sp³-hybridized carbons (Fsp3) is 0.182. The molecule has 6 rings (SSSR count). The van der Waals surface area contributed by atoms with Gasteiger partial charge < -0.3 is 0 Å². The predicted octanol–water partition coefficient (Wildman–Crippen LogP) is 4.88. The first-order chi connectivity index (χ1) is 14.1. The van der Waals surface area contributed by atoms with Gasteiger partial charge in [0.2, 0.25) is 0 Å². The second-order valence-corrected chi connectivity index (χ2v) is 8.06. The molecular weight excluding hydrogens is 419 g/mol. The van der Waals surface area contributed by atoms with Crippen molar-refractivity contribution < 1.29 is 0 Å². The number of hydrogen-bond acceptors (Lipinski definition) is 4. The molecule has 1 saturated carbocycles. The molecule has 0 radical (unpaired) electrons. The SMILES string of the molecule is Cc1nnc2n1-c1ccc(-c3cn[nH]c3)cc1C(c1ccc(Cl)cc1)=NC21CC1.Cl. The summed E-state index contributed by atoms with van der Waals surface area (Å²) >= 11 is 6.15. The molecule has 30 heavy (non-hydrogen) atoms. The molecule has 1 aliphatic heterocycles. The third-order valence-corrected chi connectivity index (χ3v) is 5.98. The highest BCUT2D eigenvalue weighted by molar-refractivity contribution is 6.30. The molecule has 4 aromatic rings. The third-order valence-electron chi connectivity index (χ3n) is 5.73. The topological polar surface area (TPSA) is 71.8 Å². The van der Waals surface area contributed by atoms with Crippen molar-refractivity contribution in [2.45, 2.75) is 25.3 Å². The van der Waals surface area contributed by atoms with E-state index in [4.69, 9.17) is 16.6 Å². The lowest BCUT2D eigenvalue weighted by Crippen LogP contribution is -2.11. The molecule has 2 aliphatic rings. The van der Waals surface area contributed by atoms with Crippen molar-refractivity contribution in [3.8, 4) is 16.8 Å². The molecule has 0 atom stereocenters. The van der Waals surface area contributed by atoms with Crippen LogP contribution in [0.2, 0.25) is 5.02 Å². The minimum absolute atomic E-state index is 0. The largest absolute Gasteiger partial charge is 0.285 e. The Labute approximate surface area is 184 Å². The number of nitrogens with zero attached hydrogens (tertiary/aromatic N) is 5. The Balaban J connectivity index is 0.00000193. The summed E-state index contributed by atoms with van der Waals surface area (Å²) in [5, 5.41) is 16.6. The highest BCUT2D eigenvalue weighted by Gasteiger charge is 2.51. The van der Waals surface area contributed by atoms with Crippen molar-refractivity contribution in [3.63, 3.8) is 0 Å². The number of aromatic nitrogens is 5. The van der Waals surface area contributed by atoms with Gasteiger partial charge >= 0.3 is 0 Å². The van der Waals surface area contributed by atoms with Crippen LogP contribution >= 0.6 is 24.0 Å². The number of H-pyrrole nitrogens is 1. The zero-order chi connectivity index (χ0) is 19.6. The first-order valence-corrected chi connectivity index (χ1v) is 9.95. The zero-order valence-corrected chi connectivity index (χ0v) is 17.7. The first-order valence-electron chi connectivity index (χ1n) is 9.57. The molecule has 1 aliphatic carbocycles. The predicted molar refractivity (Wildman–Crippen MR) is 119 cm³/mol. The normalized spacial score (nSPS) is 15.6. The minimum Gasteiger partial charge on any atom is -0.285 e. The molecule has 0 bridgehead atoms. The summed E-state index contributed by atoms with van der Waals surface area (Å²) in [6.45, 7) is 1.99. The van der Waals surface area contributed by atoms with E-state index in [0.29, 0.717) is 5.02 Å². The number of hydrogen-bond donors (Lipinski definition) is 1. The van der Waals surface area contributed by atoms with E-state index < -0.39 is 0 Å². The van der Waals surface area contributed by atoms with Gasteiger partial charge in [0.25, 0.3) is 0 Å². The molecule has 2 aromatic heterocycles. The van der Waals surface area contributed by atoms with Crippen LogP contribution in [0.15, 0.2) is 59.9 Å². The van der Waals surface area contributed by atoms with Crippen LogP contribution in [-0.4, -0.2) is 30.7 Å². The third kappa shape index (κ3) is 2.79. The smallest absolute Gasteiger partial charge is 0.165 e. The number of aliphatic imine (C=N–C) groups is 1. The van der Waals surface area contributed by atoms with Crippen LogP contribution in [0.5, 0.6) is 0 Å². The fourth-order valence-electron chi connectivity index (χ4n) is 4.07. The van der Waals surface area contributed by atoms with Crippen LogP contribution in [0.25, 0.3) is 16.8 Å². The van der Waals surface area contributed by atoms with Crippen LogP contribution in [0, 0.1) is 6.92 Å². The molecule has 1 N–H and O–H groups in total. The summed E-state index contributed by atoms with van der Waals surface area (Å²) in [5.41, 5.74) is 5.93. The number of halogens is 2. The van der Waals surface area contributed by atoms with Gasteiger partial charge in [-0.05, 0) is 49.6 Å². The van der Waals surface area contributed by atoms with E-state index in [2.05, 4.69) is 43.2 Å². The molecule has 2 aromatic carbocycles. The molecule has 150 valence electrons. The Morgan fingerprint density at radius 1 is 1.00 bits per heavy atom. The fourth-order valence-corrected chi connectivity index (χ4v) is 4.19. The maximum Gasteiger partial charge on any atom is 0.165 e. The summed E-state index contributed by atoms with van der Waals surface area (Å²) in [4.78, 5) is 5.26. The lowest BCUT2D eigenvalue weighted by Gasteiger charge is -2.14. The van der Waals surface area contributed by atoms with Crippen LogP contribution in [0.1, 0.15) is 35.6 Å². The van der Waals surface area contributed by atoms with E-state index >= 15 is 0 Å². The second kappa shape index (κ2) is 6.79. The molecular formula is C22H18Cl2N6. The maximum absolute atomic E-state index is 6.15. The number of fused-ring (bicyclic) bond motifs is 4. The van der Waals surface area contributed by atoms with E-state index in [-0.39, 0.29) is 17.9 Å². The Kier molecular flexibility index (Phi) is 4.31. The molecule has 0 unspecified atom stereocenters. The Hall–Kier alpha value is -2.96. The van der Waals surface area contributed by atoms with Crippen LogP contribution in [-0.2, 0) is 5.54 Å². The summed E-state index contributed by atoms with van der Waals surface area (Å²) < 4.78 is 2.16. The molecule has 0 saturated heterocycles. The molecule has 1 fully saturated rings. The second-order valence-electron chi connectivity index (χ2n) is 7.62. The highest BCUT2D eigenvalue weighted by atomic mass is 35.5. The molecule has 6 nitrogen and oxygen atoms in total. The van der Waals surface area contributed by atoms with Gasteiger partial charge in [-0.1, -0.05) is 29.8 Å². The Morgan fingerprint density at radius 3 is 2.47 bits per heavy atom. The monoisotopic (exact) mass is 436 g/mol. The van der Waals surface area contributed by atoms with Crippen LogP contribution in [0.4, 0.5) is 0 Å². The van der Waals surface area contributed by atoms with Crippen LogP contribution in [0.3, 0.4) is 0 Å². The van der Waals surface area contributed by atoms with Gasteiger partial charge in [-0.15, -0.1) is 22.6 Å². The van der Waals surface area contributed by atoms with Gasteiger partial charge in [-0.3, -0.25) is 14.7 Å². The highest BCUT2D eigenvalue weighted by Crippen LogP contribution is 2.51. The van der Waals surface area contributed by atoms with Crippen LogP contribution < -0.4 is 0 Å². The summed E-state index contributed by atoms with van der Waals surface area (Å²) in [6, 6.07) is 14.3. The van der Waals surface area contributed by atoms with Crippen molar-refractivity contribution in [1.29, 1.82) is 0 Å². The zero-order valence-electron chi connectivity index (χ0n) is 16.1. The maximum atomic E-state index is 6.15. The van der Waals surface area contributed by atoms with Crippen molar-refractivity contribution in [2.24, 2.45) is 4.99 Å². The van der Waals surface area contributed by atoms with Gasteiger partial charge in [-0.25, -0.2) is 0 Å². The summed E-state index contributed by atoms with van der Waals surface area (Å²) in [6.07, 6.45) is 5.68. The first kappa shape index (κ1) is 19.0. The van der Waals surface area contributed by atoms with E-state index in [0.717, 1.165) is 58.1 Å². The lowest BCUT2D eigenvalue weighted by molar-refractivity contribution is 0.659. The van der Waals surface area contributed by atoms with Gasteiger partial charge in [0, 0.05) is 27.9 Å². The average molecular weight is 437 g/mol. The minimum atomic E-state index is -0.301. The summed E-state index contributed by atoms with van der Waals surface area (Å²) in [5.74, 6) is 1.80. The molecule has 1 spiro atoms. The number of benzene rings is 2. The quantitative estimate of drug-likeness (QED) is 0.486. The van der Waals surface area contributed by atoms with E-state index in [1.807, 2.05) is 43.6 Å².